The molecule has 112 valence electrons. The van der Waals surface area contributed by atoms with Crippen LogP contribution in [0.1, 0.15) is 18.6 Å². The Kier molecular flexibility index (Phi) is 3.42. The molecule has 3 rings (SSSR count). The van der Waals surface area contributed by atoms with Crippen molar-refractivity contribution in [3.63, 3.8) is 0 Å². The van der Waals surface area contributed by atoms with Gasteiger partial charge in [-0.25, -0.2) is 4.79 Å². The summed E-state index contributed by atoms with van der Waals surface area (Å²) >= 11 is 0. The Balaban J connectivity index is 1.87. The van der Waals surface area contributed by atoms with Crippen LogP contribution in [0.2, 0.25) is 0 Å². The molecule has 1 aliphatic heterocycles. The van der Waals surface area contributed by atoms with Gasteiger partial charge < -0.3 is 10.4 Å². The van der Waals surface area contributed by atoms with Crippen molar-refractivity contribution < 1.29 is 14.7 Å². The number of hydrogen-bond donors (Lipinski definition) is 3. The number of benzene rings is 2. The van der Waals surface area contributed by atoms with Crippen molar-refractivity contribution in [2.45, 2.75) is 18.6 Å². The lowest BCUT2D eigenvalue weighted by molar-refractivity contribution is -0.127. The lowest BCUT2D eigenvalue weighted by atomic mass is 9.89. The van der Waals surface area contributed by atoms with E-state index in [9.17, 15) is 14.7 Å². The molecule has 2 atom stereocenters. The molecule has 2 aromatic rings. The summed E-state index contributed by atoms with van der Waals surface area (Å²) in [6.45, 7) is 1.50. The van der Waals surface area contributed by atoms with E-state index in [1.165, 1.54) is 6.92 Å². The summed E-state index contributed by atoms with van der Waals surface area (Å²) in [4.78, 5) is 23.1. The molecule has 1 heterocycles. The summed E-state index contributed by atoms with van der Waals surface area (Å²) in [5.74, 6) is -0.530. The molecule has 1 fully saturated rings. The fourth-order valence-corrected chi connectivity index (χ4v) is 2.57. The van der Waals surface area contributed by atoms with Crippen LogP contribution in [0.15, 0.2) is 54.6 Å². The van der Waals surface area contributed by atoms with Gasteiger partial charge in [-0.15, -0.1) is 0 Å². The Morgan fingerprint density at radius 3 is 2.09 bits per heavy atom. The number of urea groups is 1. The van der Waals surface area contributed by atoms with Gasteiger partial charge in [0.15, 0.2) is 0 Å². The van der Waals surface area contributed by atoms with Gasteiger partial charge in [0.2, 0.25) is 0 Å². The predicted octanol–water partition coefficient (Wildman–Crippen LogP) is 1.99. The van der Waals surface area contributed by atoms with E-state index in [-0.39, 0.29) is 0 Å². The molecule has 0 aromatic heterocycles. The molecule has 3 N–H and O–H groups in total. The predicted molar refractivity (Wildman–Crippen MR) is 81.9 cm³/mol. The zero-order chi connectivity index (χ0) is 15.7. The van der Waals surface area contributed by atoms with E-state index in [0.717, 1.165) is 11.1 Å². The number of amides is 3. The molecule has 1 aliphatic rings. The van der Waals surface area contributed by atoms with Gasteiger partial charge in [0.1, 0.15) is 11.6 Å². The quantitative estimate of drug-likeness (QED) is 0.758. The van der Waals surface area contributed by atoms with Crippen LogP contribution in [-0.4, -0.2) is 22.6 Å². The summed E-state index contributed by atoms with van der Waals surface area (Å²) in [6.07, 6.45) is -1.12. The highest BCUT2D eigenvalue weighted by Crippen LogP contribution is 2.30. The molecular weight excluding hydrogens is 280 g/mol. The first-order chi connectivity index (χ1) is 10.5. The van der Waals surface area contributed by atoms with Gasteiger partial charge in [-0.3, -0.25) is 10.1 Å². The van der Waals surface area contributed by atoms with E-state index in [1.54, 1.807) is 12.1 Å². The monoisotopic (exact) mass is 296 g/mol. The number of aliphatic hydroxyl groups excluding tert-OH is 1. The fraction of sp³-hybridized carbons (Fsp3) is 0.176. The van der Waals surface area contributed by atoms with Crippen LogP contribution < -0.4 is 10.6 Å². The minimum Gasteiger partial charge on any atom is -0.385 e. The molecule has 5 nitrogen and oxygen atoms in total. The highest BCUT2D eigenvalue weighted by atomic mass is 16.3. The van der Waals surface area contributed by atoms with Gasteiger partial charge in [0, 0.05) is 0 Å². The van der Waals surface area contributed by atoms with E-state index in [1.807, 2.05) is 42.5 Å². The maximum Gasteiger partial charge on any atom is 0.322 e. The number of carbonyl (C=O) groups excluding carboxylic acids is 2. The summed E-state index contributed by atoms with van der Waals surface area (Å²) in [7, 11) is 0. The summed E-state index contributed by atoms with van der Waals surface area (Å²) in [5, 5.41) is 15.1. The van der Waals surface area contributed by atoms with Crippen LogP contribution in [0, 0.1) is 0 Å². The summed E-state index contributed by atoms with van der Waals surface area (Å²) in [5.41, 5.74) is 1.30. The maximum atomic E-state index is 11.9. The minimum absolute atomic E-state index is 0.530. The molecule has 0 saturated carbocycles. The molecular formula is C17H16N2O3. The average molecular weight is 296 g/mol. The Morgan fingerprint density at radius 2 is 1.55 bits per heavy atom. The lowest BCUT2D eigenvalue weighted by Crippen LogP contribution is -2.49. The third-order valence-corrected chi connectivity index (χ3v) is 3.95. The van der Waals surface area contributed by atoms with Gasteiger partial charge in [-0.1, -0.05) is 54.6 Å². The fourth-order valence-electron chi connectivity index (χ4n) is 2.57. The van der Waals surface area contributed by atoms with Crippen LogP contribution in [0.5, 0.6) is 0 Å². The summed E-state index contributed by atoms with van der Waals surface area (Å²) < 4.78 is 0. The first-order valence-corrected chi connectivity index (χ1v) is 6.98. The second-order valence-corrected chi connectivity index (χ2v) is 5.50. The molecule has 5 heteroatoms. The number of imide groups is 1. The van der Waals surface area contributed by atoms with Gasteiger partial charge >= 0.3 is 6.03 Å². The normalized spacial score (nSPS) is 22.1. The van der Waals surface area contributed by atoms with E-state index in [0.29, 0.717) is 5.56 Å². The third-order valence-electron chi connectivity index (χ3n) is 3.95. The molecule has 0 radical (unpaired) electrons. The highest BCUT2D eigenvalue weighted by Gasteiger charge is 2.48. The Morgan fingerprint density at radius 1 is 0.955 bits per heavy atom. The van der Waals surface area contributed by atoms with Crippen molar-refractivity contribution in [2.24, 2.45) is 0 Å². The number of nitrogens with one attached hydrogen (secondary N) is 2. The van der Waals surface area contributed by atoms with Crippen molar-refractivity contribution in [3.8, 4) is 11.1 Å². The van der Waals surface area contributed by atoms with Crippen molar-refractivity contribution in [1.29, 1.82) is 0 Å². The Hall–Kier alpha value is -2.66. The molecule has 1 saturated heterocycles. The van der Waals surface area contributed by atoms with Crippen molar-refractivity contribution in [3.05, 3.63) is 60.2 Å². The average Bonchev–Trinajstić information content (AvgIpc) is 2.81. The van der Waals surface area contributed by atoms with E-state index in [4.69, 9.17) is 0 Å². The number of hydrogen-bond acceptors (Lipinski definition) is 3. The Bertz CT molecular complexity index is 712. The Labute approximate surface area is 128 Å². The minimum atomic E-state index is -1.36. The van der Waals surface area contributed by atoms with Crippen molar-refractivity contribution in [2.75, 3.05) is 0 Å². The number of carbonyl (C=O) groups is 2. The van der Waals surface area contributed by atoms with Crippen LogP contribution in [0.25, 0.3) is 11.1 Å². The van der Waals surface area contributed by atoms with E-state index in [2.05, 4.69) is 10.6 Å². The van der Waals surface area contributed by atoms with Gasteiger partial charge in [0.25, 0.3) is 5.91 Å². The third kappa shape index (κ3) is 2.35. The van der Waals surface area contributed by atoms with Crippen LogP contribution in [0.3, 0.4) is 0 Å². The zero-order valence-electron chi connectivity index (χ0n) is 12.0. The molecule has 0 aliphatic carbocycles. The molecule has 2 unspecified atom stereocenters. The second-order valence-electron chi connectivity index (χ2n) is 5.50. The van der Waals surface area contributed by atoms with Gasteiger partial charge in [-0.2, -0.15) is 0 Å². The largest absolute Gasteiger partial charge is 0.385 e. The molecule has 2 aromatic carbocycles. The van der Waals surface area contributed by atoms with Crippen LogP contribution in [-0.2, 0) is 4.79 Å². The molecule has 0 bridgehead atoms. The van der Waals surface area contributed by atoms with E-state index >= 15 is 0 Å². The van der Waals surface area contributed by atoms with Crippen molar-refractivity contribution in [1.82, 2.24) is 10.6 Å². The SMILES string of the molecule is CC1(C(O)c2ccc(-c3ccccc3)cc2)NC(=O)NC1=O. The van der Waals surface area contributed by atoms with Crippen LogP contribution in [0.4, 0.5) is 4.79 Å². The highest BCUT2D eigenvalue weighted by molar-refractivity contribution is 6.07. The number of rotatable bonds is 3. The zero-order valence-corrected chi connectivity index (χ0v) is 12.0. The molecule has 22 heavy (non-hydrogen) atoms. The first-order valence-electron chi connectivity index (χ1n) is 6.98. The molecule has 3 amide bonds. The molecule has 0 spiro atoms. The topological polar surface area (TPSA) is 78.4 Å². The van der Waals surface area contributed by atoms with Gasteiger partial charge in [-0.05, 0) is 23.6 Å². The lowest BCUT2D eigenvalue weighted by Gasteiger charge is -2.27. The van der Waals surface area contributed by atoms with Gasteiger partial charge in [0.05, 0.1) is 0 Å². The first kappa shape index (κ1) is 14.3. The standard InChI is InChI=1S/C17H16N2O3/c1-17(15(21)18-16(22)19-17)14(20)13-9-7-12(8-10-13)11-5-3-2-4-6-11/h2-10,14,20H,1H3,(H2,18,19,21,22). The summed E-state index contributed by atoms with van der Waals surface area (Å²) in [6, 6.07) is 16.5. The number of aliphatic hydroxyl groups is 1. The van der Waals surface area contributed by atoms with Crippen LogP contribution >= 0.6 is 0 Å². The van der Waals surface area contributed by atoms with E-state index < -0.39 is 23.6 Å². The second kappa shape index (κ2) is 5.27. The maximum absolute atomic E-state index is 11.9. The van der Waals surface area contributed by atoms with Crippen molar-refractivity contribution >= 4 is 11.9 Å². The smallest absolute Gasteiger partial charge is 0.322 e.